The number of aromatic hydroxyl groups is 2. The molecule has 0 spiro atoms. The molecule has 2 rings (SSSR count). The Hall–Kier alpha value is -1.71. The Labute approximate surface area is 144 Å². The molecule has 1 fully saturated rings. The number of aliphatic carboxylic acids is 1. The summed E-state index contributed by atoms with van der Waals surface area (Å²) in [5, 5.41) is 29.2. The van der Waals surface area contributed by atoms with Crippen LogP contribution in [0.4, 0.5) is 0 Å². The Balaban J connectivity index is 2.00. The van der Waals surface area contributed by atoms with Gasteiger partial charge in [0, 0.05) is 6.07 Å². The molecule has 24 heavy (non-hydrogen) atoms. The summed E-state index contributed by atoms with van der Waals surface area (Å²) < 4.78 is 0. The predicted molar refractivity (Wildman–Crippen MR) is 94.4 cm³/mol. The van der Waals surface area contributed by atoms with Crippen molar-refractivity contribution < 1.29 is 20.1 Å². The van der Waals surface area contributed by atoms with Crippen LogP contribution < -0.4 is 0 Å². The van der Waals surface area contributed by atoms with Crippen LogP contribution in [-0.4, -0.2) is 21.3 Å². The van der Waals surface area contributed by atoms with Crippen molar-refractivity contribution in [2.45, 2.75) is 72.1 Å². The van der Waals surface area contributed by atoms with E-state index < -0.39 is 11.4 Å². The first kappa shape index (κ1) is 18.6. The van der Waals surface area contributed by atoms with Crippen molar-refractivity contribution in [1.29, 1.82) is 0 Å². The summed E-state index contributed by atoms with van der Waals surface area (Å²) in [4.78, 5) is 11.3. The van der Waals surface area contributed by atoms with Gasteiger partial charge in [-0.3, -0.25) is 4.79 Å². The van der Waals surface area contributed by atoms with E-state index in [1.807, 2.05) is 0 Å². The van der Waals surface area contributed by atoms with Crippen LogP contribution in [0.15, 0.2) is 12.1 Å². The summed E-state index contributed by atoms with van der Waals surface area (Å²) in [5.41, 5.74) is 1.59. The van der Waals surface area contributed by atoms with Gasteiger partial charge in [0.15, 0.2) is 0 Å². The molecule has 1 aromatic rings. The summed E-state index contributed by atoms with van der Waals surface area (Å²) in [5.74, 6) is -0.466. The SMILES string of the molecule is CC(C)(C)CCCc1c(O)cc(O)cc1CCCC1(C(=O)O)CC1. The van der Waals surface area contributed by atoms with Gasteiger partial charge in [-0.25, -0.2) is 0 Å². The Morgan fingerprint density at radius 3 is 2.33 bits per heavy atom. The van der Waals surface area contributed by atoms with Crippen LogP contribution in [0.5, 0.6) is 11.5 Å². The van der Waals surface area contributed by atoms with Crippen molar-refractivity contribution in [3.05, 3.63) is 23.3 Å². The maximum Gasteiger partial charge on any atom is 0.309 e. The number of rotatable bonds is 8. The number of carboxylic acid groups (broad SMARTS) is 1. The second-order valence-electron chi connectivity index (χ2n) is 8.46. The van der Waals surface area contributed by atoms with Crippen LogP contribution in [-0.2, 0) is 17.6 Å². The van der Waals surface area contributed by atoms with Crippen molar-refractivity contribution in [2.24, 2.45) is 10.8 Å². The molecular weight excluding hydrogens is 304 g/mol. The first-order valence-electron chi connectivity index (χ1n) is 8.90. The molecule has 4 heteroatoms. The van der Waals surface area contributed by atoms with Gasteiger partial charge in [0.1, 0.15) is 11.5 Å². The monoisotopic (exact) mass is 334 g/mol. The van der Waals surface area contributed by atoms with Gasteiger partial charge in [-0.05, 0) is 74.0 Å². The van der Waals surface area contributed by atoms with Gasteiger partial charge >= 0.3 is 5.97 Å². The van der Waals surface area contributed by atoms with Crippen LogP contribution in [0, 0.1) is 10.8 Å². The summed E-state index contributed by atoms with van der Waals surface area (Å²) in [6.45, 7) is 6.60. The third kappa shape index (κ3) is 4.89. The fourth-order valence-corrected chi connectivity index (χ4v) is 3.35. The van der Waals surface area contributed by atoms with Crippen LogP contribution in [0.1, 0.15) is 70.4 Å². The molecule has 4 nitrogen and oxygen atoms in total. The minimum absolute atomic E-state index is 0.0708. The smallest absolute Gasteiger partial charge is 0.309 e. The summed E-state index contributed by atoms with van der Waals surface area (Å²) in [6, 6.07) is 3.11. The molecule has 0 radical (unpaired) electrons. The zero-order valence-corrected chi connectivity index (χ0v) is 15.1. The largest absolute Gasteiger partial charge is 0.508 e. The molecule has 1 saturated carbocycles. The average Bonchev–Trinajstić information content (AvgIpc) is 3.21. The molecule has 0 unspecified atom stereocenters. The lowest BCUT2D eigenvalue weighted by Gasteiger charge is -2.19. The van der Waals surface area contributed by atoms with E-state index in [0.717, 1.165) is 49.7 Å². The molecule has 134 valence electrons. The Morgan fingerprint density at radius 2 is 1.79 bits per heavy atom. The number of carboxylic acids is 1. The number of benzene rings is 1. The summed E-state index contributed by atoms with van der Waals surface area (Å²) in [6.07, 6.45) is 6.49. The minimum Gasteiger partial charge on any atom is -0.508 e. The Bertz CT molecular complexity index is 594. The van der Waals surface area contributed by atoms with Crippen molar-refractivity contribution >= 4 is 5.97 Å². The zero-order chi connectivity index (χ0) is 18.0. The quantitative estimate of drug-likeness (QED) is 0.646. The van der Waals surface area contributed by atoms with E-state index in [0.29, 0.717) is 12.8 Å². The molecule has 1 aromatic carbocycles. The van der Waals surface area contributed by atoms with Crippen LogP contribution in [0.3, 0.4) is 0 Å². The zero-order valence-electron chi connectivity index (χ0n) is 15.1. The maximum atomic E-state index is 11.3. The van der Waals surface area contributed by atoms with Crippen molar-refractivity contribution in [3.63, 3.8) is 0 Å². The first-order chi connectivity index (χ1) is 11.1. The fraction of sp³-hybridized carbons (Fsp3) is 0.650. The van der Waals surface area contributed by atoms with Gasteiger partial charge in [0.05, 0.1) is 5.41 Å². The molecule has 0 saturated heterocycles. The molecule has 0 amide bonds. The summed E-state index contributed by atoms with van der Waals surface area (Å²) >= 11 is 0. The number of hydrogen-bond acceptors (Lipinski definition) is 3. The van der Waals surface area contributed by atoms with Gasteiger partial charge in [-0.1, -0.05) is 20.8 Å². The Morgan fingerprint density at radius 1 is 1.12 bits per heavy atom. The third-order valence-electron chi connectivity index (χ3n) is 5.07. The normalized spacial score (nSPS) is 16.1. The van der Waals surface area contributed by atoms with E-state index in [1.165, 1.54) is 6.07 Å². The number of aryl methyl sites for hydroxylation is 1. The van der Waals surface area contributed by atoms with Crippen molar-refractivity contribution in [2.75, 3.05) is 0 Å². The predicted octanol–water partition coefficient (Wildman–Crippen LogP) is 4.65. The van der Waals surface area contributed by atoms with Gasteiger partial charge < -0.3 is 15.3 Å². The van der Waals surface area contributed by atoms with Crippen LogP contribution in [0.2, 0.25) is 0 Å². The average molecular weight is 334 g/mol. The van der Waals surface area contributed by atoms with Crippen LogP contribution >= 0.6 is 0 Å². The van der Waals surface area contributed by atoms with E-state index in [-0.39, 0.29) is 16.9 Å². The van der Waals surface area contributed by atoms with Crippen molar-refractivity contribution in [3.8, 4) is 11.5 Å². The van der Waals surface area contributed by atoms with Gasteiger partial charge in [0.25, 0.3) is 0 Å². The van der Waals surface area contributed by atoms with E-state index >= 15 is 0 Å². The Kier molecular flexibility index (Phi) is 5.46. The molecule has 0 aromatic heterocycles. The molecule has 0 aliphatic heterocycles. The third-order valence-corrected chi connectivity index (χ3v) is 5.07. The van der Waals surface area contributed by atoms with Gasteiger partial charge in [0.2, 0.25) is 0 Å². The molecule has 3 N–H and O–H groups in total. The van der Waals surface area contributed by atoms with Crippen molar-refractivity contribution in [1.82, 2.24) is 0 Å². The number of phenolic OH excluding ortho intramolecular Hbond substituents is 2. The highest BCUT2D eigenvalue weighted by Crippen LogP contribution is 2.50. The molecule has 0 bridgehead atoms. The van der Waals surface area contributed by atoms with E-state index in [2.05, 4.69) is 20.8 Å². The van der Waals surface area contributed by atoms with Gasteiger partial charge in [-0.2, -0.15) is 0 Å². The molecule has 1 aliphatic rings. The standard InChI is InChI=1S/C20H30O4/c1-19(2,3)8-5-7-16-14(12-15(21)13-17(16)22)6-4-9-20(10-11-20)18(23)24/h12-13,21-22H,4-11H2,1-3H3,(H,23,24). The summed E-state index contributed by atoms with van der Waals surface area (Å²) in [7, 11) is 0. The highest BCUT2D eigenvalue weighted by Gasteiger charge is 2.49. The molecule has 1 aliphatic carbocycles. The molecule has 0 heterocycles. The fourth-order valence-electron chi connectivity index (χ4n) is 3.35. The molecular formula is C20H30O4. The van der Waals surface area contributed by atoms with Gasteiger partial charge in [-0.15, -0.1) is 0 Å². The highest BCUT2D eigenvalue weighted by atomic mass is 16.4. The topological polar surface area (TPSA) is 77.8 Å². The van der Waals surface area contributed by atoms with E-state index in [1.54, 1.807) is 6.07 Å². The minimum atomic E-state index is -0.688. The second-order valence-corrected chi connectivity index (χ2v) is 8.46. The second kappa shape index (κ2) is 7.04. The number of phenols is 2. The molecule has 0 atom stereocenters. The maximum absolute atomic E-state index is 11.3. The van der Waals surface area contributed by atoms with E-state index in [9.17, 15) is 20.1 Å². The van der Waals surface area contributed by atoms with E-state index in [4.69, 9.17) is 0 Å². The number of carbonyl (C=O) groups is 1. The lowest BCUT2D eigenvalue weighted by molar-refractivity contribution is -0.143. The number of hydrogen-bond donors (Lipinski definition) is 3. The lowest BCUT2D eigenvalue weighted by atomic mass is 9.87. The first-order valence-corrected chi connectivity index (χ1v) is 8.90. The van der Waals surface area contributed by atoms with Crippen LogP contribution in [0.25, 0.3) is 0 Å². The highest BCUT2D eigenvalue weighted by molar-refractivity contribution is 5.77. The lowest BCUT2D eigenvalue weighted by Crippen LogP contribution is -2.14.